The number of aryl methyl sites for hydroxylation is 4. The zero-order valence-electron chi connectivity index (χ0n) is 44.8. The molecule has 0 bridgehead atoms. The van der Waals surface area contributed by atoms with Crippen LogP contribution in [0.15, 0.2) is 84.9 Å². The highest BCUT2D eigenvalue weighted by Crippen LogP contribution is 2.35. The van der Waals surface area contributed by atoms with E-state index in [-0.39, 0.29) is 0 Å². The van der Waals surface area contributed by atoms with Gasteiger partial charge in [-0.1, -0.05) is 267 Å². The van der Waals surface area contributed by atoms with Crippen LogP contribution in [0.5, 0.6) is 0 Å². The van der Waals surface area contributed by atoms with E-state index in [1.807, 2.05) is 0 Å². The molecule has 0 saturated carbocycles. The lowest BCUT2D eigenvalue weighted by atomic mass is 9.84. The molecule has 0 heterocycles. The fourth-order valence-electron chi connectivity index (χ4n) is 11.1. The molecule has 2 heteroatoms. The molecule has 4 aromatic carbocycles. The predicted molar refractivity (Wildman–Crippen MR) is 303 cm³/mol. The zero-order valence-corrected chi connectivity index (χ0v) is 44.8. The van der Waals surface area contributed by atoms with Crippen LogP contribution >= 0.6 is 0 Å². The number of hydrogen-bond donors (Lipinski definition) is 2. The number of nitrogen functional groups attached to an aromatic ring is 2. The van der Waals surface area contributed by atoms with Gasteiger partial charge in [0.2, 0.25) is 0 Å². The van der Waals surface area contributed by atoms with E-state index in [1.54, 1.807) is 0 Å². The average molecular weight is 926 g/mol. The van der Waals surface area contributed by atoms with Gasteiger partial charge in [-0.05, 0) is 121 Å². The van der Waals surface area contributed by atoms with Crippen LogP contribution in [0.4, 0.5) is 11.4 Å². The van der Waals surface area contributed by atoms with Crippen molar-refractivity contribution in [3.05, 3.63) is 129 Å². The molecule has 0 fully saturated rings. The Morgan fingerprint density at radius 2 is 0.574 bits per heavy atom. The molecule has 2 unspecified atom stereocenters. The Hall–Kier alpha value is -3.52. The summed E-state index contributed by atoms with van der Waals surface area (Å²) in [6.45, 7) is 9.08. The fraction of sp³-hybridized carbons (Fsp3) is 0.636. The van der Waals surface area contributed by atoms with Gasteiger partial charge >= 0.3 is 0 Å². The maximum atomic E-state index is 6.15. The topological polar surface area (TPSA) is 52.0 Å². The predicted octanol–water partition coefficient (Wildman–Crippen LogP) is 20.8. The number of unbranched alkanes of at least 4 members (excludes halogenated alkanes) is 29. The van der Waals surface area contributed by atoms with E-state index < -0.39 is 0 Å². The van der Waals surface area contributed by atoms with Crippen LogP contribution in [0.1, 0.15) is 288 Å². The molecule has 2 nitrogen and oxygen atoms in total. The van der Waals surface area contributed by atoms with Gasteiger partial charge in [0.25, 0.3) is 0 Å². The van der Waals surface area contributed by atoms with E-state index in [2.05, 4.69) is 113 Å². The molecule has 0 saturated heterocycles. The average Bonchev–Trinajstić information content (AvgIpc) is 3.34. The van der Waals surface area contributed by atoms with Crippen LogP contribution in [0.2, 0.25) is 0 Å². The van der Waals surface area contributed by atoms with Gasteiger partial charge in [0.05, 0.1) is 0 Å². The van der Waals surface area contributed by atoms with Gasteiger partial charge in [-0.25, -0.2) is 0 Å². The van der Waals surface area contributed by atoms with Crippen molar-refractivity contribution in [2.45, 2.75) is 271 Å². The van der Waals surface area contributed by atoms with E-state index in [9.17, 15) is 0 Å². The molecule has 0 aliphatic heterocycles. The van der Waals surface area contributed by atoms with E-state index in [1.165, 1.54) is 276 Å². The fourth-order valence-corrected chi connectivity index (χ4v) is 11.1. The van der Waals surface area contributed by atoms with Crippen molar-refractivity contribution in [1.29, 1.82) is 0 Å². The smallest absolute Gasteiger partial charge is 0.0316 e. The second-order valence-electron chi connectivity index (χ2n) is 21.5. The maximum absolute atomic E-state index is 6.15. The van der Waals surface area contributed by atoms with Gasteiger partial charge in [0.15, 0.2) is 0 Å². The highest BCUT2D eigenvalue weighted by Gasteiger charge is 2.18. The Morgan fingerprint density at radius 1 is 0.309 bits per heavy atom. The minimum absolute atomic E-state index is 0.465. The van der Waals surface area contributed by atoms with Gasteiger partial charge in [-0.3, -0.25) is 0 Å². The summed E-state index contributed by atoms with van der Waals surface area (Å²) >= 11 is 0. The number of hydrogen-bond acceptors (Lipinski definition) is 2. The molecule has 4 rings (SSSR count). The summed E-state index contributed by atoms with van der Waals surface area (Å²) in [5.74, 6) is 0.929. The van der Waals surface area contributed by atoms with Gasteiger partial charge in [0.1, 0.15) is 0 Å². The van der Waals surface area contributed by atoms with Crippen LogP contribution < -0.4 is 11.5 Å². The summed E-state index contributed by atoms with van der Waals surface area (Å²) in [6.07, 6.45) is 49.2. The molecule has 0 aromatic heterocycles. The molecule has 4 aromatic rings. The van der Waals surface area contributed by atoms with Crippen molar-refractivity contribution in [1.82, 2.24) is 0 Å². The number of nitrogens with two attached hydrogens (primary N) is 2. The van der Waals surface area contributed by atoms with Gasteiger partial charge in [-0.2, -0.15) is 0 Å². The summed E-state index contributed by atoms with van der Waals surface area (Å²) in [7, 11) is 0. The van der Waals surface area contributed by atoms with Crippen LogP contribution in [0.3, 0.4) is 0 Å². The molecule has 0 aliphatic rings. The van der Waals surface area contributed by atoms with Crippen LogP contribution in [0.25, 0.3) is 0 Å². The van der Waals surface area contributed by atoms with Gasteiger partial charge in [-0.15, -0.1) is 0 Å². The van der Waals surface area contributed by atoms with E-state index >= 15 is 0 Å². The molecule has 0 spiro atoms. The molecule has 0 radical (unpaired) electrons. The highest BCUT2D eigenvalue weighted by molar-refractivity contribution is 5.49. The Bertz CT molecular complexity index is 1690. The first-order valence-corrected chi connectivity index (χ1v) is 29.3. The van der Waals surface area contributed by atoms with Crippen molar-refractivity contribution in [3.8, 4) is 0 Å². The summed E-state index contributed by atoms with van der Waals surface area (Å²) < 4.78 is 0. The lowest BCUT2D eigenvalue weighted by molar-refractivity contribution is 0.528. The molecule has 378 valence electrons. The molecule has 4 N–H and O–H groups in total. The summed E-state index contributed by atoms with van der Waals surface area (Å²) in [5, 5.41) is 0. The standard InChI is InChI=1S/C66H104N2/c1-5-7-9-11-13-27-31-35-39-65(63-51-49-61(67)53-55(63)3)59-45-41-57(42-46-59)37-33-29-25-23-21-19-17-15-16-18-20-22-24-26-30-34-38-58-43-47-60(48-44-58)66(64-52-50-62(68)54-56(64)4)40-36-32-28-14-12-10-8-6-2/h41-54,65-66H,5-40,67-68H2,1-4H3. The maximum Gasteiger partial charge on any atom is 0.0316 e. The van der Waals surface area contributed by atoms with Crippen LogP contribution in [-0.4, -0.2) is 0 Å². The Kier molecular flexibility index (Phi) is 30.6. The third-order valence-corrected chi connectivity index (χ3v) is 15.5. The summed E-state index contributed by atoms with van der Waals surface area (Å²) in [5.41, 5.74) is 25.6. The second-order valence-corrected chi connectivity index (χ2v) is 21.5. The van der Waals surface area contributed by atoms with Crippen molar-refractivity contribution >= 4 is 11.4 Å². The van der Waals surface area contributed by atoms with Crippen molar-refractivity contribution in [2.24, 2.45) is 0 Å². The Labute approximate surface area is 421 Å². The summed E-state index contributed by atoms with van der Waals surface area (Å²) in [6, 6.07) is 32.5. The number of rotatable bonds is 41. The van der Waals surface area contributed by atoms with Crippen molar-refractivity contribution in [3.63, 3.8) is 0 Å². The van der Waals surface area contributed by atoms with E-state index in [0.29, 0.717) is 11.8 Å². The molecular formula is C66H104N2. The lowest BCUT2D eigenvalue weighted by Crippen LogP contribution is -2.05. The third kappa shape index (κ3) is 23.9. The normalized spacial score (nSPS) is 12.5. The molecule has 68 heavy (non-hydrogen) atoms. The number of benzene rings is 4. The third-order valence-electron chi connectivity index (χ3n) is 15.5. The first kappa shape index (κ1) is 57.1. The van der Waals surface area contributed by atoms with Crippen molar-refractivity contribution < 1.29 is 0 Å². The zero-order chi connectivity index (χ0) is 48.3. The van der Waals surface area contributed by atoms with E-state index in [4.69, 9.17) is 11.5 Å². The van der Waals surface area contributed by atoms with Crippen LogP contribution in [0, 0.1) is 13.8 Å². The highest BCUT2D eigenvalue weighted by atomic mass is 14.5. The Morgan fingerprint density at radius 3 is 0.853 bits per heavy atom. The molecule has 0 amide bonds. The van der Waals surface area contributed by atoms with E-state index in [0.717, 1.165) is 11.4 Å². The largest absolute Gasteiger partial charge is 0.399 e. The van der Waals surface area contributed by atoms with Crippen molar-refractivity contribution in [2.75, 3.05) is 11.5 Å². The quantitative estimate of drug-likeness (QED) is 0.0344. The second kappa shape index (κ2) is 36.4. The first-order valence-electron chi connectivity index (χ1n) is 29.3. The minimum Gasteiger partial charge on any atom is -0.399 e. The molecule has 0 aliphatic carbocycles. The molecular weight excluding hydrogens is 821 g/mol. The minimum atomic E-state index is 0.465. The first-order chi connectivity index (χ1) is 33.4. The molecule has 2 atom stereocenters. The SMILES string of the molecule is CCCCCCCCCCC(c1ccc(CCCCCCCCCCCCCCCCCCc2ccc(C(CCCCCCCCCC)c3ccc(N)cc3C)cc2)cc1)c1ccc(N)cc1C. The lowest BCUT2D eigenvalue weighted by Gasteiger charge is -2.21. The summed E-state index contributed by atoms with van der Waals surface area (Å²) in [4.78, 5) is 0. The van der Waals surface area contributed by atoms with Crippen LogP contribution in [-0.2, 0) is 12.8 Å². The van der Waals surface area contributed by atoms with Gasteiger partial charge in [0, 0.05) is 23.2 Å². The Balaban J connectivity index is 0.983. The van der Waals surface area contributed by atoms with Gasteiger partial charge < -0.3 is 11.5 Å². The number of anilines is 2. The monoisotopic (exact) mass is 925 g/mol.